The van der Waals surface area contributed by atoms with Gasteiger partial charge in [0.2, 0.25) is 5.91 Å². The van der Waals surface area contributed by atoms with E-state index >= 15 is 0 Å². The molecule has 0 saturated heterocycles. The largest absolute Gasteiger partial charge is 0.395 e. The zero-order valence-corrected chi connectivity index (χ0v) is 7.35. The maximum Gasteiger partial charge on any atom is 0.224 e. The third-order valence-electron chi connectivity index (χ3n) is 0.975. The van der Waals surface area contributed by atoms with E-state index in [-0.39, 0.29) is 17.9 Å². The number of rotatable bonds is 3. The number of aliphatic hydroxyl groups is 1. The average Bonchev–Trinajstić information content (AvgIpc) is 1.79. The van der Waals surface area contributed by atoms with Crippen LogP contribution < -0.4 is 5.32 Å². The summed E-state index contributed by atoms with van der Waals surface area (Å²) in [7, 11) is 0. The second-order valence-corrected chi connectivity index (χ2v) is 3.52. The summed E-state index contributed by atoms with van der Waals surface area (Å²) in [5, 5.41) is 10.9. The van der Waals surface area contributed by atoms with E-state index in [2.05, 4.69) is 5.32 Å². The number of carbonyl (C=O) groups is 1. The standard InChI is InChI=1S/C8H16NO2/c1-8(2,3)6-7(11)9-4-5-10/h6,10H,4-5H2,1-3H3,(H,9,11). The van der Waals surface area contributed by atoms with Crippen molar-refractivity contribution in [3.05, 3.63) is 6.42 Å². The molecule has 0 fully saturated rings. The van der Waals surface area contributed by atoms with Gasteiger partial charge in [-0.2, -0.15) is 0 Å². The van der Waals surface area contributed by atoms with Gasteiger partial charge in [0.15, 0.2) is 0 Å². The lowest BCUT2D eigenvalue weighted by Gasteiger charge is -2.16. The molecular formula is C8H16NO2. The van der Waals surface area contributed by atoms with Crippen molar-refractivity contribution in [3.63, 3.8) is 0 Å². The minimum Gasteiger partial charge on any atom is -0.395 e. The molecular weight excluding hydrogens is 142 g/mol. The SMILES string of the molecule is CC(C)(C)[CH]C(=O)NCCO. The third kappa shape index (κ3) is 7.33. The van der Waals surface area contributed by atoms with E-state index in [0.29, 0.717) is 6.54 Å². The van der Waals surface area contributed by atoms with Gasteiger partial charge in [0.05, 0.1) is 13.0 Å². The molecule has 0 aliphatic rings. The first-order chi connectivity index (χ1) is 4.95. The van der Waals surface area contributed by atoms with Gasteiger partial charge in [-0.3, -0.25) is 4.79 Å². The normalized spacial score (nSPS) is 11.3. The molecule has 65 valence electrons. The van der Waals surface area contributed by atoms with E-state index < -0.39 is 0 Å². The summed E-state index contributed by atoms with van der Waals surface area (Å²) in [6, 6.07) is 0. The fraction of sp³-hybridized carbons (Fsp3) is 0.750. The molecule has 0 unspecified atom stereocenters. The van der Waals surface area contributed by atoms with Crippen LogP contribution in [-0.2, 0) is 4.79 Å². The summed E-state index contributed by atoms with van der Waals surface area (Å²) >= 11 is 0. The highest BCUT2D eigenvalue weighted by atomic mass is 16.3. The summed E-state index contributed by atoms with van der Waals surface area (Å²) in [6.45, 7) is 6.16. The third-order valence-corrected chi connectivity index (χ3v) is 0.975. The summed E-state index contributed by atoms with van der Waals surface area (Å²) in [5.74, 6) is -0.119. The molecule has 0 heterocycles. The molecule has 1 amide bonds. The molecule has 0 atom stereocenters. The van der Waals surface area contributed by atoms with Crippen molar-refractivity contribution in [1.82, 2.24) is 5.32 Å². The number of aliphatic hydroxyl groups excluding tert-OH is 1. The van der Waals surface area contributed by atoms with Crippen LogP contribution >= 0.6 is 0 Å². The fourth-order valence-corrected chi connectivity index (χ4v) is 0.623. The van der Waals surface area contributed by atoms with Crippen LogP contribution in [0.25, 0.3) is 0 Å². The zero-order chi connectivity index (χ0) is 8.91. The molecule has 3 heteroatoms. The highest BCUT2D eigenvalue weighted by Gasteiger charge is 2.15. The van der Waals surface area contributed by atoms with Gasteiger partial charge in [0.1, 0.15) is 0 Å². The number of hydrogen-bond donors (Lipinski definition) is 2. The van der Waals surface area contributed by atoms with Gasteiger partial charge in [0, 0.05) is 6.54 Å². The Morgan fingerprint density at radius 3 is 2.45 bits per heavy atom. The van der Waals surface area contributed by atoms with Crippen LogP contribution in [0.15, 0.2) is 0 Å². The van der Waals surface area contributed by atoms with Crippen LogP contribution in [0.1, 0.15) is 20.8 Å². The van der Waals surface area contributed by atoms with Gasteiger partial charge < -0.3 is 10.4 Å². The molecule has 0 aromatic carbocycles. The molecule has 0 rings (SSSR count). The topological polar surface area (TPSA) is 49.3 Å². The van der Waals surface area contributed by atoms with Crippen LogP contribution in [-0.4, -0.2) is 24.2 Å². The maximum atomic E-state index is 10.9. The Labute approximate surface area is 67.8 Å². The van der Waals surface area contributed by atoms with Crippen molar-refractivity contribution >= 4 is 5.91 Å². The Bertz CT molecular complexity index is 127. The molecule has 0 bridgehead atoms. The summed E-state index contributed by atoms with van der Waals surface area (Å²) < 4.78 is 0. The Morgan fingerprint density at radius 1 is 1.55 bits per heavy atom. The monoisotopic (exact) mass is 158 g/mol. The minimum atomic E-state index is -0.119. The second kappa shape index (κ2) is 4.34. The molecule has 11 heavy (non-hydrogen) atoms. The Morgan fingerprint density at radius 2 is 2.09 bits per heavy atom. The summed E-state index contributed by atoms with van der Waals surface area (Å²) in [5.41, 5.74) is -0.0977. The summed E-state index contributed by atoms with van der Waals surface area (Å²) in [6.07, 6.45) is 1.60. The molecule has 2 N–H and O–H groups in total. The van der Waals surface area contributed by atoms with Crippen LogP contribution in [0.4, 0.5) is 0 Å². The predicted molar refractivity (Wildman–Crippen MR) is 43.9 cm³/mol. The van der Waals surface area contributed by atoms with Crippen molar-refractivity contribution in [2.24, 2.45) is 5.41 Å². The molecule has 1 radical (unpaired) electrons. The molecule has 0 aliphatic heterocycles. The number of amides is 1. The van der Waals surface area contributed by atoms with E-state index in [1.807, 2.05) is 20.8 Å². The molecule has 0 spiro atoms. The van der Waals surface area contributed by atoms with Crippen LogP contribution in [0.3, 0.4) is 0 Å². The first kappa shape index (κ1) is 10.4. The molecule has 0 aliphatic carbocycles. The lowest BCUT2D eigenvalue weighted by atomic mass is 9.92. The Balaban J connectivity index is 3.53. The number of carbonyl (C=O) groups excluding carboxylic acids is 1. The van der Waals surface area contributed by atoms with Crippen molar-refractivity contribution in [3.8, 4) is 0 Å². The molecule has 0 saturated carbocycles. The smallest absolute Gasteiger partial charge is 0.224 e. The van der Waals surface area contributed by atoms with E-state index in [1.54, 1.807) is 6.42 Å². The highest BCUT2D eigenvalue weighted by Crippen LogP contribution is 2.16. The first-order valence-corrected chi connectivity index (χ1v) is 3.70. The lowest BCUT2D eigenvalue weighted by Crippen LogP contribution is -2.30. The number of hydrogen-bond acceptors (Lipinski definition) is 2. The lowest BCUT2D eigenvalue weighted by molar-refractivity contribution is -0.118. The van der Waals surface area contributed by atoms with Gasteiger partial charge in [-0.05, 0) is 5.41 Å². The van der Waals surface area contributed by atoms with Gasteiger partial charge in [-0.15, -0.1) is 0 Å². The predicted octanol–water partition coefficient (Wildman–Crippen LogP) is 0.345. The molecule has 0 aromatic rings. The van der Waals surface area contributed by atoms with Crippen molar-refractivity contribution < 1.29 is 9.90 Å². The fourth-order valence-electron chi connectivity index (χ4n) is 0.623. The van der Waals surface area contributed by atoms with Gasteiger partial charge in [0.25, 0.3) is 0 Å². The van der Waals surface area contributed by atoms with Gasteiger partial charge in [-0.25, -0.2) is 0 Å². The maximum absolute atomic E-state index is 10.9. The van der Waals surface area contributed by atoms with Crippen molar-refractivity contribution in [1.29, 1.82) is 0 Å². The van der Waals surface area contributed by atoms with Crippen molar-refractivity contribution in [2.75, 3.05) is 13.2 Å². The van der Waals surface area contributed by atoms with Gasteiger partial charge in [-0.1, -0.05) is 20.8 Å². The van der Waals surface area contributed by atoms with E-state index in [4.69, 9.17) is 5.11 Å². The van der Waals surface area contributed by atoms with Crippen LogP contribution in [0, 0.1) is 11.8 Å². The minimum absolute atomic E-state index is 0.0102. The Kier molecular flexibility index (Phi) is 4.11. The van der Waals surface area contributed by atoms with E-state index in [0.717, 1.165) is 0 Å². The quantitative estimate of drug-likeness (QED) is 0.622. The zero-order valence-electron chi connectivity index (χ0n) is 7.35. The average molecular weight is 158 g/mol. The van der Waals surface area contributed by atoms with Crippen molar-refractivity contribution in [2.45, 2.75) is 20.8 Å². The molecule has 3 nitrogen and oxygen atoms in total. The van der Waals surface area contributed by atoms with Gasteiger partial charge >= 0.3 is 0 Å². The summed E-state index contributed by atoms with van der Waals surface area (Å²) in [4.78, 5) is 10.9. The van der Waals surface area contributed by atoms with Crippen LogP contribution in [0.2, 0.25) is 0 Å². The first-order valence-electron chi connectivity index (χ1n) is 3.70. The van der Waals surface area contributed by atoms with Crippen LogP contribution in [0.5, 0.6) is 0 Å². The molecule has 0 aromatic heterocycles. The van der Waals surface area contributed by atoms with E-state index in [1.165, 1.54) is 0 Å². The number of nitrogens with one attached hydrogen (secondary N) is 1. The Hall–Kier alpha value is -0.570. The highest BCUT2D eigenvalue weighted by molar-refractivity contribution is 5.85. The van der Waals surface area contributed by atoms with E-state index in [9.17, 15) is 4.79 Å². The second-order valence-electron chi connectivity index (χ2n) is 3.52.